The zero-order valence-electron chi connectivity index (χ0n) is 15.5. The summed E-state index contributed by atoms with van der Waals surface area (Å²) in [7, 11) is 0. The lowest BCUT2D eigenvalue weighted by Gasteiger charge is -2.13. The smallest absolute Gasteiger partial charge is 0.348 e. The van der Waals surface area contributed by atoms with Gasteiger partial charge in [0.1, 0.15) is 5.75 Å². The molecule has 1 aromatic heterocycles. The summed E-state index contributed by atoms with van der Waals surface area (Å²) in [5, 5.41) is -0.364. The highest BCUT2D eigenvalue weighted by Gasteiger charge is 2.34. The maximum absolute atomic E-state index is 13.1. The number of hydrogen-bond donors (Lipinski definition) is 1. The van der Waals surface area contributed by atoms with Gasteiger partial charge in [0.05, 0.1) is 21.7 Å². The molecule has 3 rings (SSSR count). The Bertz CT molecular complexity index is 1080. The van der Waals surface area contributed by atoms with Gasteiger partial charge >= 0.3 is 6.18 Å². The second-order valence-corrected chi connectivity index (χ2v) is 7.56. The number of thioether (sulfide) groups is 1. The SMILES string of the molecule is CSc1[nH]c2c(C(F)(F)F)cc(Cl)cc2c(=O)c1C(C)=O.[SH2+]Cc1ccccc1. The highest BCUT2D eigenvalue weighted by atomic mass is 35.5. The third kappa shape index (κ3) is 5.58. The maximum Gasteiger partial charge on any atom is 0.418 e. The second kappa shape index (κ2) is 9.73. The summed E-state index contributed by atoms with van der Waals surface area (Å²) >= 11 is 10.1. The molecule has 1 N–H and O–H groups in total. The Morgan fingerprint density at radius 2 is 1.83 bits per heavy atom. The number of halogens is 4. The number of alkyl halides is 3. The summed E-state index contributed by atoms with van der Waals surface area (Å²) in [6.45, 7) is 1.19. The molecular weight excluding hydrogens is 443 g/mol. The maximum atomic E-state index is 13.1. The Balaban J connectivity index is 0.000000313. The Morgan fingerprint density at radius 1 is 1.21 bits per heavy atom. The van der Waals surface area contributed by atoms with E-state index in [4.69, 9.17) is 11.6 Å². The Morgan fingerprint density at radius 3 is 2.28 bits per heavy atom. The van der Waals surface area contributed by atoms with E-state index in [-0.39, 0.29) is 26.5 Å². The van der Waals surface area contributed by atoms with Crippen LogP contribution in [-0.4, -0.2) is 17.0 Å². The van der Waals surface area contributed by atoms with Gasteiger partial charge in [0.15, 0.2) is 5.78 Å². The van der Waals surface area contributed by atoms with Crippen molar-refractivity contribution in [2.45, 2.75) is 23.9 Å². The van der Waals surface area contributed by atoms with Crippen molar-refractivity contribution in [3.05, 3.63) is 74.4 Å². The van der Waals surface area contributed by atoms with Gasteiger partial charge < -0.3 is 4.98 Å². The number of Topliss-reactive ketones (excluding diaryl/α,β-unsaturated/α-hetero) is 1. The molecule has 0 atom stereocenters. The molecule has 0 saturated heterocycles. The van der Waals surface area contributed by atoms with E-state index < -0.39 is 23.0 Å². The van der Waals surface area contributed by atoms with Crippen molar-refractivity contribution < 1.29 is 18.0 Å². The molecule has 0 fully saturated rings. The number of nitrogens with one attached hydrogen (secondary N) is 1. The monoisotopic (exact) mass is 460 g/mol. The number of carbonyl (C=O) groups is 1. The number of aromatic nitrogens is 1. The van der Waals surface area contributed by atoms with E-state index in [0.29, 0.717) is 0 Å². The Kier molecular flexibility index (Phi) is 7.85. The van der Waals surface area contributed by atoms with Gasteiger partial charge in [0.2, 0.25) is 5.43 Å². The normalized spacial score (nSPS) is 11.1. The molecule has 154 valence electrons. The van der Waals surface area contributed by atoms with Gasteiger partial charge in [-0.05, 0) is 37.9 Å². The first-order valence-electron chi connectivity index (χ1n) is 8.30. The van der Waals surface area contributed by atoms with Crippen molar-refractivity contribution in [3.8, 4) is 0 Å². The first kappa shape index (κ1) is 23.4. The van der Waals surface area contributed by atoms with Crippen molar-refractivity contribution in [1.29, 1.82) is 0 Å². The fraction of sp³-hybridized carbons (Fsp3) is 0.200. The van der Waals surface area contributed by atoms with Crippen LogP contribution in [0, 0.1) is 0 Å². The molecule has 29 heavy (non-hydrogen) atoms. The predicted molar refractivity (Wildman–Crippen MR) is 117 cm³/mol. The minimum Gasteiger partial charge on any atom is -0.348 e. The fourth-order valence-electron chi connectivity index (χ4n) is 2.63. The lowest BCUT2D eigenvalue weighted by atomic mass is 10.1. The third-order valence-corrected chi connectivity index (χ3v) is 5.29. The quantitative estimate of drug-likeness (QED) is 0.327. The number of pyridine rings is 1. The van der Waals surface area contributed by atoms with E-state index in [1.807, 2.05) is 18.2 Å². The average Bonchev–Trinajstić information content (AvgIpc) is 2.67. The average molecular weight is 461 g/mol. The van der Waals surface area contributed by atoms with Crippen LogP contribution in [0.5, 0.6) is 0 Å². The largest absolute Gasteiger partial charge is 0.418 e. The van der Waals surface area contributed by atoms with E-state index in [9.17, 15) is 22.8 Å². The number of fused-ring (bicyclic) bond motifs is 1. The first-order chi connectivity index (χ1) is 13.6. The van der Waals surface area contributed by atoms with E-state index in [2.05, 4.69) is 29.7 Å². The van der Waals surface area contributed by atoms with Crippen LogP contribution < -0.4 is 5.43 Å². The van der Waals surface area contributed by atoms with Crippen LogP contribution in [-0.2, 0) is 24.6 Å². The number of ketones is 1. The fourth-order valence-corrected chi connectivity index (χ4v) is 3.73. The van der Waals surface area contributed by atoms with Crippen molar-refractivity contribution >= 4 is 52.7 Å². The first-order valence-corrected chi connectivity index (χ1v) is 10.6. The number of rotatable bonds is 3. The van der Waals surface area contributed by atoms with Crippen LogP contribution >= 0.6 is 23.4 Å². The van der Waals surface area contributed by atoms with E-state index >= 15 is 0 Å². The van der Waals surface area contributed by atoms with Gasteiger partial charge in [0, 0.05) is 16.0 Å². The summed E-state index contributed by atoms with van der Waals surface area (Å²) in [5.74, 6) is 0.428. The molecule has 0 amide bonds. The number of benzene rings is 2. The third-order valence-electron chi connectivity index (χ3n) is 3.95. The minimum absolute atomic E-state index is 0.104. The highest BCUT2D eigenvalue weighted by Crippen LogP contribution is 2.36. The molecular formula is C20H18ClF3NO2S2+. The van der Waals surface area contributed by atoms with Gasteiger partial charge in [-0.15, -0.1) is 11.8 Å². The van der Waals surface area contributed by atoms with Crippen molar-refractivity contribution in [3.63, 3.8) is 0 Å². The van der Waals surface area contributed by atoms with Crippen LogP contribution in [0.1, 0.15) is 28.4 Å². The Labute approximate surface area is 180 Å². The van der Waals surface area contributed by atoms with Gasteiger partial charge in [-0.25, -0.2) is 0 Å². The number of H-pyrrole nitrogens is 1. The number of hydrogen-bond acceptors (Lipinski definition) is 3. The summed E-state index contributed by atoms with van der Waals surface area (Å²) in [5.41, 5.74) is -0.998. The predicted octanol–water partition coefficient (Wildman–Crippen LogP) is 5.32. The molecule has 2 aromatic carbocycles. The minimum atomic E-state index is -4.67. The van der Waals surface area contributed by atoms with Crippen molar-refractivity contribution in [1.82, 2.24) is 4.98 Å². The topological polar surface area (TPSA) is 49.9 Å². The van der Waals surface area contributed by atoms with Crippen molar-refractivity contribution in [2.24, 2.45) is 0 Å². The molecule has 0 spiro atoms. The van der Waals surface area contributed by atoms with Crippen LogP contribution in [0.25, 0.3) is 10.9 Å². The lowest BCUT2D eigenvalue weighted by Crippen LogP contribution is -2.18. The molecule has 0 aliphatic carbocycles. The summed E-state index contributed by atoms with van der Waals surface area (Å²) in [4.78, 5) is 26.4. The molecule has 3 nitrogen and oxygen atoms in total. The summed E-state index contributed by atoms with van der Waals surface area (Å²) in [6, 6.07) is 12.1. The standard InChI is InChI=1S/C13H9ClF3NO2S.C7H8S/c1-5(19)9-11(20)7-3-6(14)4-8(13(15,16)17)10(7)18-12(9)21-2;8-6-7-4-2-1-3-5-7/h3-4H,1-2H3,(H,18,20);1-5,8H,6H2/p+1. The molecule has 0 saturated carbocycles. The molecule has 3 aromatic rings. The second-order valence-electron chi connectivity index (χ2n) is 5.95. The molecule has 1 heterocycles. The van der Waals surface area contributed by atoms with Crippen molar-refractivity contribution in [2.75, 3.05) is 6.26 Å². The van der Waals surface area contributed by atoms with Crippen LogP contribution in [0.15, 0.2) is 52.3 Å². The Hall–Kier alpha value is -1.90. The van der Waals surface area contributed by atoms with E-state index in [1.165, 1.54) is 12.5 Å². The summed E-state index contributed by atoms with van der Waals surface area (Å²) in [6.07, 6.45) is -3.10. The van der Waals surface area contributed by atoms with Crippen LogP contribution in [0.2, 0.25) is 5.02 Å². The van der Waals surface area contributed by atoms with Gasteiger partial charge in [-0.2, -0.15) is 13.2 Å². The molecule has 9 heteroatoms. The van der Waals surface area contributed by atoms with Crippen LogP contribution in [0.4, 0.5) is 13.2 Å². The van der Waals surface area contributed by atoms with Crippen LogP contribution in [0.3, 0.4) is 0 Å². The van der Waals surface area contributed by atoms with Gasteiger partial charge in [0.25, 0.3) is 0 Å². The van der Waals surface area contributed by atoms with Gasteiger partial charge in [-0.3, -0.25) is 9.59 Å². The highest BCUT2D eigenvalue weighted by molar-refractivity contribution is 7.98. The molecule has 0 aliphatic heterocycles. The number of carbonyl (C=O) groups excluding carboxylic acids is 1. The number of aromatic amines is 1. The zero-order valence-corrected chi connectivity index (χ0v) is 18.1. The van der Waals surface area contributed by atoms with Gasteiger partial charge in [-0.1, -0.05) is 41.9 Å². The lowest BCUT2D eigenvalue weighted by molar-refractivity contribution is -0.136. The van der Waals surface area contributed by atoms with E-state index in [0.717, 1.165) is 29.6 Å². The zero-order chi connectivity index (χ0) is 21.8. The molecule has 0 bridgehead atoms. The molecule has 0 aliphatic rings. The van der Waals surface area contributed by atoms with E-state index in [1.54, 1.807) is 6.26 Å². The molecule has 0 unspecified atom stereocenters. The summed E-state index contributed by atoms with van der Waals surface area (Å²) < 4.78 is 39.2. The molecule has 0 radical (unpaired) electrons.